The largest absolute Gasteiger partial charge is 0.422 e. The van der Waals surface area contributed by atoms with Crippen molar-refractivity contribution in [3.05, 3.63) is 207 Å². The number of ether oxygens (including phenoxy) is 1. The second-order valence-electron chi connectivity index (χ2n) is 14.9. The molecule has 0 N–H and O–H groups in total. The van der Waals surface area contributed by atoms with Gasteiger partial charge in [-0.05, 0) is 92.8 Å². The minimum absolute atomic E-state index is 0.0225. The van der Waals surface area contributed by atoms with Crippen LogP contribution in [0.3, 0.4) is 0 Å². The van der Waals surface area contributed by atoms with Crippen LogP contribution in [0.15, 0.2) is 180 Å². The maximum Gasteiger partial charge on any atom is 0.346 e. The molecule has 280 valence electrons. The van der Waals surface area contributed by atoms with Gasteiger partial charge in [0.1, 0.15) is 0 Å². The summed E-state index contributed by atoms with van der Waals surface area (Å²) in [6.45, 7) is 3.12. The molecule has 0 saturated carbocycles. The number of hydrogen-bond acceptors (Lipinski definition) is 6. The van der Waals surface area contributed by atoms with E-state index in [1.165, 1.54) is 5.56 Å². The third-order valence-corrected chi connectivity index (χ3v) is 12.2. The Morgan fingerprint density at radius 1 is 0.649 bits per heavy atom. The minimum Gasteiger partial charge on any atom is -0.422 e. The predicted molar refractivity (Wildman–Crippen MR) is 230 cm³/mol. The summed E-state index contributed by atoms with van der Waals surface area (Å²) >= 11 is 12.8. The Morgan fingerprint density at radius 2 is 1.26 bits per heavy atom. The summed E-state index contributed by atoms with van der Waals surface area (Å²) in [5.74, 6) is -1.75. The van der Waals surface area contributed by atoms with Gasteiger partial charge in [-0.3, -0.25) is 4.90 Å². The number of rotatable bonds is 6. The molecule has 3 aliphatic heterocycles. The maximum atomic E-state index is 7.32. The van der Waals surface area contributed by atoms with Crippen LogP contribution in [-0.2, 0) is 14.4 Å². The highest BCUT2D eigenvalue weighted by Crippen LogP contribution is 2.57. The molecular weight excluding hydrogens is 749 g/mol. The first-order valence-electron chi connectivity index (χ1n) is 19.1. The molecule has 0 amide bonds. The fraction of sp³-hybridized carbons (Fsp3) is 0.143. The lowest BCUT2D eigenvalue weighted by Crippen LogP contribution is -2.69. The highest BCUT2D eigenvalue weighted by molar-refractivity contribution is 6.31. The number of benzene rings is 7. The number of nitrogens with zero attached hydrogens (tertiary/aromatic N) is 3. The molecule has 6 nitrogen and oxygen atoms in total. The van der Waals surface area contributed by atoms with Crippen LogP contribution in [0.1, 0.15) is 46.7 Å². The minimum atomic E-state index is -1.58. The Morgan fingerprint density at radius 3 is 2.00 bits per heavy atom. The molecule has 0 bridgehead atoms. The first-order chi connectivity index (χ1) is 27.9. The number of halogens is 2. The van der Waals surface area contributed by atoms with Gasteiger partial charge in [-0.2, -0.15) is 0 Å². The summed E-state index contributed by atoms with van der Waals surface area (Å²) in [7, 11) is 0. The Bertz CT molecular complexity index is 2720. The van der Waals surface area contributed by atoms with Gasteiger partial charge in [0.2, 0.25) is 5.60 Å². The molecule has 2 spiro atoms. The molecule has 0 aromatic heterocycles. The van der Waals surface area contributed by atoms with Crippen LogP contribution >= 0.6 is 23.2 Å². The molecule has 8 heteroatoms. The lowest BCUT2D eigenvalue weighted by atomic mass is 9.67. The molecule has 7 aromatic rings. The summed E-state index contributed by atoms with van der Waals surface area (Å²) in [4.78, 5) is 16.5. The standard InChI is InChI=1S/C49H37Cl2N3O3/c1-32(33-11-3-2-4-12-33)54-30-39(29-38-17-9-15-34-13-5-7-18-42(34)38)49(55-47(53-57-49)37-23-27-41(51)28-24-37)48(31-54)45(44-20-10-16-35-14-6-8-19-43(35)44)46(52-56-48)36-21-25-40(50)26-22-36/h2-29,32,45H,30-31H2,1H3/b39-29+/t32-,45+,48+,49-/m1/s1. The third kappa shape index (κ3) is 5.98. The van der Waals surface area contributed by atoms with Gasteiger partial charge in [-0.1, -0.05) is 156 Å². The molecular formula is C49H37Cl2N3O3. The van der Waals surface area contributed by atoms with Gasteiger partial charge in [-0.15, -0.1) is 0 Å². The SMILES string of the molecule is C[C@H](c1ccccc1)N1C/C(=C\c2cccc3ccccc23)[C@@]2(ON=C(c3ccc(Cl)cc3)O2)[C@@]2(C1)ON=C(c1ccc(Cl)cc1)[C@@H]2c1cccc2ccccc12. The van der Waals surface area contributed by atoms with Gasteiger partial charge in [0.25, 0.3) is 5.90 Å². The average molecular weight is 787 g/mol. The van der Waals surface area contributed by atoms with Gasteiger partial charge in [-0.25, -0.2) is 0 Å². The summed E-state index contributed by atoms with van der Waals surface area (Å²) < 4.78 is 7.32. The second kappa shape index (κ2) is 14.2. The van der Waals surface area contributed by atoms with E-state index in [9.17, 15) is 0 Å². The normalized spacial score (nSPS) is 23.0. The van der Waals surface area contributed by atoms with Gasteiger partial charge < -0.3 is 14.4 Å². The van der Waals surface area contributed by atoms with Crippen molar-refractivity contribution in [1.82, 2.24) is 4.90 Å². The molecule has 3 heterocycles. The monoisotopic (exact) mass is 785 g/mol. The van der Waals surface area contributed by atoms with Crippen molar-refractivity contribution in [3.63, 3.8) is 0 Å². The highest BCUT2D eigenvalue weighted by atomic mass is 35.5. The molecule has 1 fully saturated rings. The Labute approximate surface area is 341 Å². The van der Waals surface area contributed by atoms with E-state index in [1.807, 2.05) is 54.6 Å². The van der Waals surface area contributed by atoms with Gasteiger partial charge >= 0.3 is 5.79 Å². The van der Waals surface area contributed by atoms with E-state index in [-0.39, 0.29) is 6.04 Å². The number of fused-ring (bicyclic) bond motifs is 3. The van der Waals surface area contributed by atoms with E-state index in [0.717, 1.165) is 55.1 Å². The lowest BCUT2D eigenvalue weighted by molar-refractivity contribution is -0.279. The fourth-order valence-corrected chi connectivity index (χ4v) is 9.07. The molecule has 57 heavy (non-hydrogen) atoms. The zero-order chi connectivity index (χ0) is 38.6. The van der Waals surface area contributed by atoms with Crippen molar-refractivity contribution < 1.29 is 14.4 Å². The van der Waals surface area contributed by atoms with Gasteiger partial charge in [0, 0.05) is 39.3 Å². The molecule has 0 aliphatic carbocycles. The quantitative estimate of drug-likeness (QED) is 0.168. The number of oxime groups is 2. The average Bonchev–Trinajstić information content (AvgIpc) is 3.87. The van der Waals surface area contributed by atoms with Crippen molar-refractivity contribution in [2.45, 2.75) is 30.3 Å². The summed E-state index contributed by atoms with van der Waals surface area (Å²) in [5, 5.41) is 15.5. The Kier molecular flexibility index (Phi) is 8.86. The number of piperidine rings is 1. The number of likely N-dealkylation sites (tertiary alicyclic amines) is 1. The summed E-state index contributed by atoms with van der Waals surface area (Å²) in [6.07, 6.45) is 2.21. The van der Waals surface area contributed by atoms with Gasteiger partial charge in [0.15, 0.2) is 0 Å². The van der Waals surface area contributed by atoms with Crippen LogP contribution in [-0.4, -0.2) is 41.0 Å². The van der Waals surface area contributed by atoms with E-state index in [0.29, 0.717) is 29.0 Å². The predicted octanol–water partition coefficient (Wildman–Crippen LogP) is 11.8. The first kappa shape index (κ1) is 35.5. The zero-order valence-electron chi connectivity index (χ0n) is 31.1. The topological polar surface area (TPSA) is 55.7 Å². The lowest BCUT2D eigenvalue weighted by Gasteiger charge is -2.52. The zero-order valence-corrected chi connectivity index (χ0v) is 32.6. The molecule has 4 atom stereocenters. The first-order valence-corrected chi connectivity index (χ1v) is 19.9. The molecule has 0 radical (unpaired) electrons. The summed E-state index contributed by atoms with van der Waals surface area (Å²) in [6, 6.07) is 55.4. The molecule has 0 unspecified atom stereocenters. The van der Waals surface area contributed by atoms with E-state index < -0.39 is 17.3 Å². The van der Waals surface area contributed by atoms with Crippen LogP contribution < -0.4 is 0 Å². The summed E-state index contributed by atoms with van der Waals surface area (Å²) in [5.41, 5.74) is 5.12. The molecule has 7 aromatic carbocycles. The molecule has 10 rings (SSSR count). The Hall–Kier alpha value is -5.92. The Balaban J connectivity index is 1.25. The molecule has 1 saturated heterocycles. The smallest absolute Gasteiger partial charge is 0.346 e. The van der Waals surface area contributed by atoms with Crippen molar-refractivity contribution in [2.24, 2.45) is 10.3 Å². The van der Waals surface area contributed by atoms with E-state index in [4.69, 9.17) is 47.9 Å². The van der Waals surface area contributed by atoms with Crippen molar-refractivity contribution >= 4 is 62.4 Å². The van der Waals surface area contributed by atoms with Crippen molar-refractivity contribution in [2.75, 3.05) is 13.1 Å². The highest BCUT2D eigenvalue weighted by Gasteiger charge is 2.74. The third-order valence-electron chi connectivity index (χ3n) is 11.7. The van der Waals surface area contributed by atoms with E-state index in [1.54, 1.807) is 0 Å². The molecule has 3 aliphatic rings. The van der Waals surface area contributed by atoms with Crippen LogP contribution in [0.2, 0.25) is 10.0 Å². The van der Waals surface area contributed by atoms with Crippen molar-refractivity contribution in [1.29, 1.82) is 0 Å². The van der Waals surface area contributed by atoms with Crippen molar-refractivity contribution in [3.8, 4) is 0 Å². The van der Waals surface area contributed by atoms with E-state index >= 15 is 0 Å². The van der Waals surface area contributed by atoms with Crippen LogP contribution in [0.5, 0.6) is 0 Å². The second-order valence-corrected chi connectivity index (χ2v) is 15.8. The van der Waals surface area contributed by atoms with E-state index in [2.05, 4.69) is 127 Å². The van der Waals surface area contributed by atoms with Gasteiger partial charge in [0.05, 0.1) is 18.2 Å². The maximum absolute atomic E-state index is 7.32. The van der Waals surface area contributed by atoms with Crippen LogP contribution in [0.25, 0.3) is 27.6 Å². The van der Waals surface area contributed by atoms with Crippen LogP contribution in [0.4, 0.5) is 0 Å². The van der Waals surface area contributed by atoms with Crippen LogP contribution in [0, 0.1) is 0 Å². The number of hydrogen-bond donors (Lipinski definition) is 0. The fourth-order valence-electron chi connectivity index (χ4n) is 8.82.